The zero-order valence-corrected chi connectivity index (χ0v) is 15.9. The zero-order valence-electron chi connectivity index (χ0n) is 15.9. The van der Waals surface area contributed by atoms with Gasteiger partial charge in [-0.3, -0.25) is 4.68 Å². The highest BCUT2D eigenvalue weighted by atomic mass is 16.5. The maximum absolute atomic E-state index is 11.7. The fraction of sp³-hybridized carbons (Fsp3) is 0.450. The number of fused-ring (bicyclic) bond motifs is 3. The minimum absolute atomic E-state index is 0.178. The van der Waals surface area contributed by atoms with E-state index < -0.39 is 0 Å². The van der Waals surface area contributed by atoms with E-state index in [1.807, 2.05) is 28.9 Å². The maximum atomic E-state index is 11.7. The number of pyridine rings is 1. The summed E-state index contributed by atoms with van der Waals surface area (Å²) in [4.78, 5) is 16.2. The lowest BCUT2D eigenvalue weighted by molar-refractivity contribution is -0.118. The van der Waals surface area contributed by atoms with Crippen LogP contribution in [0.1, 0.15) is 32.9 Å². The molecule has 0 fully saturated rings. The summed E-state index contributed by atoms with van der Waals surface area (Å²) >= 11 is 0. The molecule has 0 aliphatic heterocycles. The molecule has 6 heteroatoms. The monoisotopic (exact) mass is 354 g/mol. The van der Waals surface area contributed by atoms with E-state index in [2.05, 4.69) is 18.8 Å². The fourth-order valence-corrected chi connectivity index (χ4v) is 3.66. The molecule has 3 rings (SSSR count). The largest absolute Gasteiger partial charge is 0.383 e. The van der Waals surface area contributed by atoms with Crippen LogP contribution in [0.4, 0.5) is 5.82 Å². The van der Waals surface area contributed by atoms with Gasteiger partial charge in [0.25, 0.3) is 0 Å². The van der Waals surface area contributed by atoms with Gasteiger partial charge in [0.15, 0.2) is 5.82 Å². The van der Waals surface area contributed by atoms with Crippen molar-refractivity contribution in [1.29, 1.82) is 0 Å². The van der Waals surface area contributed by atoms with Crippen LogP contribution in [0, 0.1) is 5.41 Å². The van der Waals surface area contributed by atoms with Crippen molar-refractivity contribution in [2.24, 2.45) is 5.41 Å². The zero-order chi connectivity index (χ0) is 18.9. The van der Waals surface area contributed by atoms with E-state index in [4.69, 9.17) is 15.6 Å². The Morgan fingerprint density at radius 3 is 2.73 bits per heavy atom. The van der Waals surface area contributed by atoms with E-state index >= 15 is 0 Å². The summed E-state index contributed by atoms with van der Waals surface area (Å²) in [5.41, 5.74) is 8.68. The molecule has 2 N–H and O–H groups in total. The molecule has 2 heterocycles. The van der Waals surface area contributed by atoms with Gasteiger partial charge in [-0.15, -0.1) is 0 Å². The number of Topliss-reactive ketones (excluding diaryl/α,β-unsaturated/α-hetero) is 1. The lowest BCUT2D eigenvalue weighted by Crippen LogP contribution is -2.21. The normalized spacial score (nSPS) is 12.2. The van der Waals surface area contributed by atoms with Crippen molar-refractivity contribution in [2.75, 3.05) is 19.5 Å². The molecule has 0 amide bonds. The molecule has 0 aliphatic carbocycles. The number of para-hydroxylation sites is 1. The minimum Gasteiger partial charge on any atom is -0.383 e. The molecule has 0 atom stereocenters. The summed E-state index contributed by atoms with van der Waals surface area (Å²) in [5, 5.41) is 6.79. The van der Waals surface area contributed by atoms with Crippen LogP contribution < -0.4 is 5.73 Å². The lowest BCUT2D eigenvalue weighted by atomic mass is 9.82. The molecule has 0 spiro atoms. The molecule has 0 radical (unpaired) electrons. The number of methoxy groups -OCH3 is 1. The Balaban J connectivity index is 2.24. The first kappa shape index (κ1) is 18.3. The number of hydrogen-bond donors (Lipinski definition) is 1. The Hall–Kier alpha value is -2.47. The van der Waals surface area contributed by atoms with Gasteiger partial charge in [0.05, 0.1) is 18.7 Å². The highest BCUT2D eigenvalue weighted by molar-refractivity contribution is 6.09. The number of aromatic nitrogens is 3. The van der Waals surface area contributed by atoms with Crippen molar-refractivity contribution in [3.8, 4) is 0 Å². The molecule has 0 unspecified atom stereocenters. The average Bonchev–Trinajstić information content (AvgIpc) is 2.90. The lowest BCUT2D eigenvalue weighted by Gasteiger charge is -2.24. The number of ether oxygens (including phenoxy) is 1. The number of benzene rings is 1. The van der Waals surface area contributed by atoms with Gasteiger partial charge >= 0.3 is 0 Å². The molecular formula is C20H26N4O2. The van der Waals surface area contributed by atoms with Crippen LogP contribution in [0.2, 0.25) is 0 Å². The SMILES string of the molecule is COCCn1nc2c(N)nc3ccccc3c2c1CC(C)(C)CC(C)=O. The molecule has 0 bridgehead atoms. The summed E-state index contributed by atoms with van der Waals surface area (Å²) in [7, 11) is 1.67. The quantitative estimate of drug-likeness (QED) is 0.703. The molecule has 3 aromatic rings. The summed E-state index contributed by atoms with van der Waals surface area (Å²) in [6.07, 6.45) is 1.24. The van der Waals surface area contributed by atoms with Crippen molar-refractivity contribution in [3.63, 3.8) is 0 Å². The first-order chi connectivity index (χ1) is 12.3. The van der Waals surface area contributed by atoms with Crippen LogP contribution in [-0.2, 0) is 22.5 Å². The number of carbonyl (C=O) groups is 1. The second-order valence-electron chi connectivity index (χ2n) is 7.62. The molecule has 0 saturated carbocycles. The number of nitrogens with two attached hydrogens (primary N) is 1. The molecule has 2 aromatic heterocycles. The molecule has 26 heavy (non-hydrogen) atoms. The second-order valence-corrected chi connectivity index (χ2v) is 7.62. The molecule has 0 saturated heterocycles. The van der Waals surface area contributed by atoms with Crippen molar-refractivity contribution in [2.45, 2.75) is 40.2 Å². The second kappa shape index (κ2) is 7.03. The highest BCUT2D eigenvalue weighted by Crippen LogP contribution is 2.35. The molecule has 0 aliphatic rings. The van der Waals surface area contributed by atoms with Crippen LogP contribution in [-0.4, -0.2) is 34.3 Å². The van der Waals surface area contributed by atoms with E-state index in [1.165, 1.54) is 0 Å². The van der Waals surface area contributed by atoms with Gasteiger partial charge in [-0.1, -0.05) is 32.0 Å². The van der Waals surface area contributed by atoms with E-state index in [-0.39, 0.29) is 11.2 Å². The standard InChI is InChI=1S/C20H26N4O2/c1-13(25)11-20(2,3)12-16-17-14-7-5-6-8-15(14)22-19(21)18(17)23-24(16)9-10-26-4/h5-8H,9-12H2,1-4H3,(H2,21,22). The van der Waals surface area contributed by atoms with Crippen molar-refractivity contribution < 1.29 is 9.53 Å². The number of anilines is 1. The van der Waals surface area contributed by atoms with Crippen molar-refractivity contribution >= 4 is 33.4 Å². The first-order valence-electron chi connectivity index (χ1n) is 8.84. The molecule has 138 valence electrons. The first-order valence-corrected chi connectivity index (χ1v) is 8.84. The third-order valence-corrected chi connectivity index (χ3v) is 4.60. The van der Waals surface area contributed by atoms with Gasteiger partial charge in [0.2, 0.25) is 0 Å². The van der Waals surface area contributed by atoms with E-state index in [0.717, 1.165) is 28.4 Å². The highest BCUT2D eigenvalue weighted by Gasteiger charge is 2.26. The Kier molecular flexibility index (Phi) is 4.96. The minimum atomic E-state index is -0.178. The Morgan fingerprint density at radius 1 is 1.31 bits per heavy atom. The summed E-state index contributed by atoms with van der Waals surface area (Å²) in [6, 6.07) is 7.96. The van der Waals surface area contributed by atoms with Crippen molar-refractivity contribution in [1.82, 2.24) is 14.8 Å². The number of rotatable bonds is 7. The Labute approximate surface area is 153 Å². The van der Waals surface area contributed by atoms with Crippen molar-refractivity contribution in [3.05, 3.63) is 30.0 Å². The number of nitrogen functional groups attached to an aromatic ring is 1. The van der Waals surface area contributed by atoms with Gasteiger partial charge in [-0.05, 0) is 24.8 Å². The van der Waals surface area contributed by atoms with Gasteiger partial charge in [0.1, 0.15) is 11.3 Å². The third kappa shape index (κ3) is 3.55. The summed E-state index contributed by atoms with van der Waals surface area (Å²) < 4.78 is 7.21. The summed E-state index contributed by atoms with van der Waals surface area (Å²) in [5.74, 6) is 0.619. The topological polar surface area (TPSA) is 83.0 Å². The number of carbonyl (C=O) groups excluding carboxylic acids is 1. The van der Waals surface area contributed by atoms with E-state index in [9.17, 15) is 4.79 Å². The van der Waals surface area contributed by atoms with Gasteiger partial charge in [-0.25, -0.2) is 4.98 Å². The maximum Gasteiger partial charge on any atom is 0.152 e. The van der Waals surface area contributed by atoms with Crippen LogP contribution in [0.15, 0.2) is 24.3 Å². The number of hydrogen-bond acceptors (Lipinski definition) is 5. The number of ketones is 1. The third-order valence-electron chi connectivity index (χ3n) is 4.60. The predicted octanol–water partition coefficient (Wildman–Crippen LogP) is 3.36. The van der Waals surface area contributed by atoms with Crippen LogP contribution in [0.5, 0.6) is 0 Å². The molecule has 6 nitrogen and oxygen atoms in total. The predicted molar refractivity (Wildman–Crippen MR) is 104 cm³/mol. The summed E-state index contributed by atoms with van der Waals surface area (Å²) in [6.45, 7) is 7.05. The van der Waals surface area contributed by atoms with E-state index in [0.29, 0.717) is 30.9 Å². The van der Waals surface area contributed by atoms with E-state index in [1.54, 1.807) is 14.0 Å². The van der Waals surface area contributed by atoms with Crippen LogP contribution in [0.3, 0.4) is 0 Å². The van der Waals surface area contributed by atoms with Crippen LogP contribution >= 0.6 is 0 Å². The number of nitrogens with zero attached hydrogens (tertiary/aromatic N) is 3. The Morgan fingerprint density at radius 2 is 2.04 bits per heavy atom. The van der Waals surface area contributed by atoms with Gasteiger partial charge < -0.3 is 15.3 Å². The van der Waals surface area contributed by atoms with Crippen LogP contribution in [0.25, 0.3) is 21.8 Å². The van der Waals surface area contributed by atoms with Gasteiger partial charge in [0, 0.05) is 30.0 Å². The Bertz CT molecular complexity index is 959. The molecular weight excluding hydrogens is 328 g/mol. The van der Waals surface area contributed by atoms with Gasteiger partial charge in [-0.2, -0.15) is 5.10 Å². The fourth-order valence-electron chi connectivity index (χ4n) is 3.66. The molecule has 1 aromatic carbocycles. The average molecular weight is 354 g/mol. The smallest absolute Gasteiger partial charge is 0.152 e.